The molecular formula is C41H46N10O5. The van der Waals surface area contributed by atoms with Crippen molar-refractivity contribution in [1.29, 1.82) is 0 Å². The Bertz CT molecular complexity index is 2360. The zero-order valence-electron chi connectivity index (χ0n) is 31.4. The fourth-order valence-electron chi connectivity index (χ4n) is 8.22. The van der Waals surface area contributed by atoms with Gasteiger partial charge in [0.2, 0.25) is 11.8 Å². The molecule has 6 heterocycles. The van der Waals surface area contributed by atoms with E-state index in [1.165, 1.54) is 10.6 Å². The minimum Gasteiger partial charge on any atom is -0.507 e. The number of ketones is 1. The number of piperazine rings is 1. The topological polar surface area (TPSA) is 173 Å². The van der Waals surface area contributed by atoms with Crippen LogP contribution in [0.5, 0.6) is 5.75 Å². The lowest BCUT2D eigenvalue weighted by atomic mass is 10.1. The Kier molecular flexibility index (Phi) is 10.5. The Balaban J connectivity index is 0.759. The number of carbonyl (C=O) groups is 3. The van der Waals surface area contributed by atoms with E-state index in [9.17, 15) is 24.3 Å². The van der Waals surface area contributed by atoms with Crippen molar-refractivity contribution >= 4 is 34.4 Å². The van der Waals surface area contributed by atoms with Gasteiger partial charge in [-0.3, -0.25) is 28.8 Å². The molecule has 2 bridgehead atoms. The van der Waals surface area contributed by atoms with E-state index < -0.39 is 11.9 Å². The number of allylic oxidation sites excluding steroid dienone is 1. The number of phenolic OH excluding ortho intramolecular Hbond substituents is 1. The number of nitrogens with one attached hydrogen (secondary N) is 2. The molecule has 3 aromatic heterocycles. The number of piperidine rings is 1. The van der Waals surface area contributed by atoms with Crippen molar-refractivity contribution in [2.75, 3.05) is 24.5 Å². The fourth-order valence-corrected chi connectivity index (χ4v) is 8.22. The lowest BCUT2D eigenvalue weighted by Crippen LogP contribution is -2.44. The van der Waals surface area contributed by atoms with Crippen molar-refractivity contribution in [3.05, 3.63) is 112 Å². The van der Waals surface area contributed by atoms with Crippen molar-refractivity contribution in [2.45, 2.75) is 76.2 Å². The zero-order valence-corrected chi connectivity index (χ0v) is 31.4. The van der Waals surface area contributed by atoms with Crippen LogP contribution in [0, 0.1) is 0 Å². The lowest BCUT2D eigenvalue weighted by Gasteiger charge is -2.34. The molecule has 3 aliphatic rings. The molecule has 290 valence electrons. The number of imidazole rings is 1. The number of anilines is 1. The van der Waals surface area contributed by atoms with Gasteiger partial charge in [-0.2, -0.15) is 0 Å². The summed E-state index contributed by atoms with van der Waals surface area (Å²) in [5.41, 5.74) is 4.42. The molecule has 15 heteroatoms. The van der Waals surface area contributed by atoms with Crippen LogP contribution < -0.4 is 21.2 Å². The maximum atomic E-state index is 13.0. The van der Waals surface area contributed by atoms with Crippen molar-refractivity contribution in [1.82, 2.24) is 44.6 Å². The van der Waals surface area contributed by atoms with Crippen molar-refractivity contribution in [3.8, 4) is 5.75 Å². The monoisotopic (exact) mass is 758 g/mol. The molecule has 1 unspecified atom stereocenters. The van der Waals surface area contributed by atoms with Crippen LogP contribution in [0.25, 0.3) is 11.0 Å². The summed E-state index contributed by atoms with van der Waals surface area (Å²) in [6, 6.07) is 18.5. The fraction of sp³-hybridized carbons (Fsp3) is 0.390. The number of para-hydroxylation sites is 1. The Hall–Kier alpha value is -6.09. The Labute approximate surface area is 323 Å². The molecule has 56 heavy (non-hydrogen) atoms. The Morgan fingerprint density at radius 1 is 0.982 bits per heavy atom. The zero-order chi connectivity index (χ0) is 38.8. The highest BCUT2D eigenvalue weighted by molar-refractivity contribution is 6.06. The van der Waals surface area contributed by atoms with Gasteiger partial charge in [0.1, 0.15) is 17.6 Å². The summed E-state index contributed by atoms with van der Waals surface area (Å²) in [6.45, 7) is 3.71. The van der Waals surface area contributed by atoms with Gasteiger partial charge in [-0.1, -0.05) is 35.9 Å². The van der Waals surface area contributed by atoms with E-state index in [-0.39, 0.29) is 29.6 Å². The van der Waals surface area contributed by atoms with Crippen molar-refractivity contribution in [2.24, 2.45) is 7.05 Å². The standard InChI is InChI=1S/C41H46N10O5/c1-47-35-20-27(13-14-33(35)51(41(47)56)34-15-16-39(54)44-40(34)55)22-42-18-6-2-3-8-29-24-49(46-45-29)23-28-9-7-12-38(43-28)50-26-30-21-31(50)25-48(30)19-17-37(53)32-10-4-5-11-36(32)52/h4-5,7,9-14,17,19-20,24,30-31,34,42,52H,2-3,6,8,15-16,18,21-23,25-26H2,1H3,(H,44,54,55)/b19-17+/t30-,31-,34?/m1/s1. The molecule has 3 aliphatic heterocycles. The molecule has 15 nitrogen and oxygen atoms in total. The smallest absolute Gasteiger partial charge is 0.329 e. The van der Waals surface area contributed by atoms with E-state index >= 15 is 0 Å². The number of benzene rings is 2. The molecular weight excluding hydrogens is 713 g/mol. The van der Waals surface area contributed by atoms with Crippen LogP contribution in [0.4, 0.5) is 5.82 Å². The average Bonchev–Trinajstić information content (AvgIpc) is 3.98. The number of unbranched alkanes of at least 4 members (excludes halogenated alkanes) is 2. The van der Waals surface area contributed by atoms with E-state index in [1.54, 1.807) is 35.9 Å². The highest BCUT2D eigenvalue weighted by Crippen LogP contribution is 2.34. The van der Waals surface area contributed by atoms with Gasteiger partial charge < -0.3 is 20.2 Å². The van der Waals surface area contributed by atoms with Crippen LogP contribution in [0.1, 0.15) is 71.9 Å². The van der Waals surface area contributed by atoms with Crippen LogP contribution in [0.15, 0.2) is 83.9 Å². The first-order chi connectivity index (χ1) is 27.2. The van der Waals surface area contributed by atoms with E-state index in [2.05, 4.69) is 36.8 Å². The predicted octanol–water partition coefficient (Wildman–Crippen LogP) is 3.22. The minimum atomic E-state index is -0.690. The van der Waals surface area contributed by atoms with Gasteiger partial charge in [0.05, 0.1) is 34.5 Å². The number of aromatic nitrogens is 6. The molecule has 0 saturated carbocycles. The third-order valence-corrected chi connectivity index (χ3v) is 11.2. The van der Waals surface area contributed by atoms with Gasteiger partial charge in [-0.25, -0.2) is 14.5 Å². The number of imide groups is 1. The van der Waals surface area contributed by atoms with Gasteiger partial charge in [0, 0.05) is 63.7 Å². The van der Waals surface area contributed by atoms with E-state index in [1.807, 2.05) is 47.4 Å². The quantitative estimate of drug-likeness (QED) is 0.0620. The predicted molar refractivity (Wildman–Crippen MR) is 209 cm³/mol. The van der Waals surface area contributed by atoms with Crippen LogP contribution >= 0.6 is 0 Å². The highest BCUT2D eigenvalue weighted by Gasteiger charge is 2.42. The summed E-state index contributed by atoms with van der Waals surface area (Å²) in [4.78, 5) is 59.3. The largest absolute Gasteiger partial charge is 0.507 e. The number of rotatable bonds is 15. The average molecular weight is 759 g/mol. The third-order valence-electron chi connectivity index (χ3n) is 11.2. The van der Waals surface area contributed by atoms with Gasteiger partial charge in [-0.15, -0.1) is 5.10 Å². The van der Waals surface area contributed by atoms with Gasteiger partial charge in [0.15, 0.2) is 5.78 Å². The first-order valence-corrected chi connectivity index (χ1v) is 19.3. The number of fused-ring (bicyclic) bond motifs is 3. The molecule has 8 rings (SSSR count). The summed E-state index contributed by atoms with van der Waals surface area (Å²) in [5.74, 6) is 0.00505. The summed E-state index contributed by atoms with van der Waals surface area (Å²) < 4.78 is 4.91. The Morgan fingerprint density at radius 3 is 2.68 bits per heavy atom. The minimum absolute atomic E-state index is 0.00538. The maximum absolute atomic E-state index is 13.0. The Morgan fingerprint density at radius 2 is 1.86 bits per heavy atom. The molecule has 2 aromatic carbocycles. The summed E-state index contributed by atoms with van der Waals surface area (Å²) in [7, 11) is 1.71. The number of pyridine rings is 1. The second-order valence-electron chi connectivity index (χ2n) is 15.0. The summed E-state index contributed by atoms with van der Waals surface area (Å²) in [5, 5.41) is 24.6. The SMILES string of the molecule is Cn1c(=O)n(C2CCC(=O)NC2=O)c2ccc(CNCCCCCc3cn(Cc4cccc(N5C[C@H]6C[C@@H]5CN6/C=C/C(=O)c5ccccc5O)n4)nn3)cc21. The second kappa shape index (κ2) is 15.9. The highest BCUT2D eigenvalue weighted by atomic mass is 16.3. The second-order valence-corrected chi connectivity index (χ2v) is 15.0. The number of amides is 2. The van der Waals surface area contributed by atoms with Gasteiger partial charge >= 0.3 is 5.69 Å². The van der Waals surface area contributed by atoms with Gasteiger partial charge in [-0.05, 0) is 80.6 Å². The number of carbonyl (C=O) groups excluding carboxylic acids is 3. The van der Waals surface area contributed by atoms with Crippen LogP contribution in [0.3, 0.4) is 0 Å². The maximum Gasteiger partial charge on any atom is 0.329 e. The van der Waals surface area contributed by atoms with Crippen molar-refractivity contribution in [3.63, 3.8) is 0 Å². The number of aryl methyl sites for hydroxylation is 2. The number of aromatic hydroxyl groups is 1. The molecule has 3 N–H and O–H groups in total. The van der Waals surface area contributed by atoms with Crippen LogP contribution in [-0.4, -0.2) is 88.4 Å². The molecule has 5 aromatic rings. The third kappa shape index (κ3) is 7.71. The number of hydrogen-bond donors (Lipinski definition) is 3. The first kappa shape index (κ1) is 36.9. The normalized spacial score (nSPS) is 19.5. The first-order valence-electron chi connectivity index (χ1n) is 19.3. The summed E-state index contributed by atoms with van der Waals surface area (Å²) in [6.07, 6.45) is 10.9. The number of likely N-dealkylation sites (tertiary alicyclic amines) is 1. The molecule has 2 amide bonds. The van der Waals surface area contributed by atoms with E-state index in [0.717, 1.165) is 80.0 Å². The molecule has 3 atom stereocenters. The number of phenols is 1. The number of hydrogen-bond acceptors (Lipinski definition) is 11. The van der Waals surface area contributed by atoms with Crippen molar-refractivity contribution < 1.29 is 19.5 Å². The molecule has 0 radical (unpaired) electrons. The number of nitrogens with zero attached hydrogens (tertiary/aromatic N) is 8. The van der Waals surface area contributed by atoms with E-state index in [4.69, 9.17) is 4.98 Å². The lowest BCUT2D eigenvalue weighted by molar-refractivity contribution is -0.135. The molecule has 3 fully saturated rings. The van der Waals surface area contributed by atoms with Crippen LogP contribution in [-0.2, 0) is 36.1 Å². The van der Waals surface area contributed by atoms with Crippen LogP contribution in [0.2, 0.25) is 0 Å². The molecule has 0 spiro atoms. The summed E-state index contributed by atoms with van der Waals surface area (Å²) >= 11 is 0. The van der Waals surface area contributed by atoms with E-state index in [0.29, 0.717) is 42.7 Å². The molecule has 3 saturated heterocycles. The van der Waals surface area contributed by atoms with Gasteiger partial charge in [0.25, 0.3) is 0 Å². The molecule has 0 aliphatic carbocycles.